The number of halogens is 2. The van der Waals surface area contributed by atoms with Gasteiger partial charge in [0.1, 0.15) is 12.1 Å². The Morgan fingerprint density at radius 1 is 1.47 bits per heavy atom. The van der Waals surface area contributed by atoms with Gasteiger partial charge in [-0.3, -0.25) is 10.1 Å². The molecule has 1 aromatic heterocycles. The molecule has 0 radical (unpaired) electrons. The van der Waals surface area contributed by atoms with Gasteiger partial charge < -0.3 is 4.42 Å². The van der Waals surface area contributed by atoms with Crippen LogP contribution in [0.3, 0.4) is 0 Å². The summed E-state index contributed by atoms with van der Waals surface area (Å²) in [6.07, 6.45) is 4.28. The topological polar surface area (TPSA) is 69.2 Å². The van der Waals surface area contributed by atoms with Crippen molar-refractivity contribution >= 4 is 29.4 Å². The first-order chi connectivity index (χ1) is 9.10. The number of aromatic nitrogens is 1. The Morgan fingerprint density at radius 2 is 2.26 bits per heavy atom. The number of nitro benzene ring substituents is 1. The molecule has 0 saturated heterocycles. The summed E-state index contributed by atoms with van der Waals surface area (Å²) in [6.45, 7) is 0. The second kappa shape index (κ2) is 5.62. The van der Waals surface area contributed by atoms with Crippen LogP contribution < -0.4 is 0 Å². The SMILES string of the molecule is O=[N+]([O-])c1ccc(C=Cc2nc(CCl)co2)c(F)c1. The van der Waals surface area contributed by atoms with Crippen molar-refractivity contribution in [2.75, 3.05) is 0 Å². The standard InChI is InChI=1S/C12H8ClFN2O3/c13-6-9-7-19-12(15-9)4-2-8-1-3-10(16(17)18)5-11(8)14/h1-5,7H,6H2. The van der Waals surface area contributed by atoms with Gasteiger partial charge in [-0.15, -0.1) is 11.6 Å². The molecule has 0 atom stereocenters. The summed E-state index contributed by atoms with van der Waals surface area (Å²) in [4.78, 5) is 13.8. The number of alkyl halides is 1. The van der Waals surface area contributed by atoms with Gasteiger partial charge in [-0.1, -0.05) is 0 Å². The average Bonchev–Trinajstić information content (AvgIpc) is 2.85. The van der Waals surface area contributed by atoms with Gasteiger partial charge in [0.15, 0.2) is 0 Å². The number of oxazole rings is 1. The second-order valence-electron chi connectivity index (χ2n) is 3.61. The smallest absolute Gasteiger partial charge is 0.272 e. The van der Waals surface area contributed by atoms with Gasteiger partial charge in [0.05, 0.1) is 22.6 Å². The van der Waals surface area contributed by atoms with E-state index < -0.39 is 10.7 Å². The molecule has 0 aliphatic rings. The number of benzene rings is 1. The van der Waals surface area contributed by atoms with Crippen LogP contribution in [0.4, 0.5) is 10.1 Å². The van der Waals surface area contributed by atoms with Crippen molar-refractivity contribution in [1.29, 1.82) is 0 Å². The highest BCUT2D eigenvalue weighted by molar-refractivity contribution is 6.16. The molecular weight excluding hydrogens is 275 g/mol. The lowest BCUT2D eigenvalue weighted by atomic mass is 10.2. The fourth-order valence-electron chi connectivity index (χ4n) is 1.39. The first kappa shape index (κ1) is 13.2. The molecule has 5 nitrogen and oxygen atoms in total. The molecule has 0 aliphatic carbocycles. The second-order valence-corrected chi connectivity index (χ2v) is 3.87. The highest BCUT2D eigenvalue weighted by Gasteiger charge is 2.09. The number of non-ortho nitro benzene ring substituents is 1. The van der Waals surface area contributed by atoms with Crippen molar-refractivity contribution in [2.24, 2.45) is 0 Å². The Balaban J connectivity index is 2.21. The number of rotatable bonds is 4. The third kappa shape index (κ3) is 3.17. The Labute approximate surface area is 112 Å². The van der Waals surface area contributed by atoms with Crippen LogP contribution in [0, 0.1) is 15.9 Å². The van der Waals surface area contributed by atoms with Gasteiger partial charge in [-0.25, -0.2) is 9.37 Å². The quantitative estimate of drug-likeness (QED) is 0.488. The van der Waals surface area contributed by atoms with Crippen LogP contribution in [0.2, 0.25) is 0 Å². The lowest BCUT2D eigenvalue weighted by molar-refractivity contribution is -0.385. The molecular formula is C12H8ClFN2O3. The summed E-state index contributed by atoms with van der Waals surface area (Å²) >= 11 is 5.56. The molecule has 0 bridgehead atoms. The third-order valence-corrected chi connectivity index (χ3v) is 2.58. The lowest BCUT2D eigenvalue weighted by Gasteiger charge is -1.96. The Morgan fingerprint density at radius 3 is 2.84 bits per heavy atom. The van der Waals surface area contributed by atoms with E-state index in [1.54, 1.807) is 0 Å². The summed E-state index contributed by atoms with van der Waals surface area (Å²) < 4.78 is 18.6. The monoisotopic (exact) mass is 282 g/mol. The Bertz CT molecular complexity index is 640. The third-order valence-electron chi connectivity index (χ3n) is 2.31. The van der Waals surface area contributed by atoms with E-state index in [0.717, 1.165) is 6.07 Å². The molecule has 7 heteroatoms. The fourth-order valence-corrected chi connectivity index (χ4v) is 1.51. The Kier molecular flexibility index (Phi) is 3.91. The summed E-state index contributed by atoms with van der Waals surface area (Å²) in [6, 6.07) is 3.40. The largest absolute Gasteiger partial charge is 0.445 e. The van der Waals surface area contributed by atoms with E-state index in [-0.39, 0.29) is 23.0 Å². The van der Waals surface area contributed by atoms with Gasteiger partial charge in [0, 0.05) is 17.7 Å². The minimum Gasteiger partial charge on any atom is -0.445 e. The van der Waals surface area contributed by atoms with Gasteiger partial charge in [0.2, 0.25) is 5.89 Å². The first-order valence-electron chi connectivity index (χ1n) is 5.22. The van der Waals surface area contributed by atoms with Gasteiger partial charge in [-0.05, 0) is 12.1 Å². The molecule has 98 valence electrons. The van der Waals surface area contributed by atoms with Crippen molar-refractivity contribution in [2.45, 2.75) is 5.88 Å². The molecule has 0 spiro atoms. The van der Waals surface area contributed by atoms with E-state index in [0.29, 0.717) is 5.69 Å². The van der Waals surface area contributed by atoms with Gasteiger partial charge in [0.25, 0.3) is 5.69 Å². The molecule has 1 aromatic carbocycles. The first-order valence-corrected chi connectivity index (χ1v) is 5.76. The molecule has 0 aliphatic heterocycles. The van der Waals surface area contributed by atoms with Crippen LogP contribution in [0.15, 0.2) is 28.9 Å². The maximum absolute atomic E-state index is 13.6. The molecule has 2 rings (SSSR count). The van der Waals surface area contributed by atoms with Crippen molar-refractivity contribution in [3.8, 4) is 0 Å². The zero-order chi connectivity index (χ0) is 13.8. The van der Waals surface area contributed by atoms with Crippen LogP contribution >= 0.6 is 11.6 Å². The maximum Gasteiger partial charge on any atom is 0.272 e. The summed E-state index contributed by atoms with van der Waals surface area (Å²) in [7, 11) is 0. The van der Waals surface area contributed by atoms with Crippen molar-refractivity contribution in [3.63, 3.8) is 0 Å². The minimum absolute atomic E-state index is 0.205. The van der Waals surface area contributed by atoms with Crippen LogP contribution in [0.5, 0.6) is 0 Å². The molecule has 0 amide bonds. The fraction of sp³-hybridized carbons (Fsp3) is 0.0833. The van der Waals surface area contributed by atoms with Gasteiger partial charge >= 0.3 is 0 Å². The highest BCUT2D eigenvalue weighted by Crippen LogP contribution is 2.18. The van der Waals surface area contributed by atoms with E-state index in [9.17, 15) is 14.5 Å². The van der Waals surface area contributed by atoms with Crippen molar-refractivity contribution in [3.05, 3.63) is 57.5 Å². The van der Waals surface area contributed by atoms with Crippen molar-refractivity contribution in [1.82, 2.24) is 4.98 Å². The zero-order valence-electron chi connectivity index (χ0n) is 9.55. The maximum atomic E-state index is 13.6. The zero-order valence-corrected chi connectivity index (χ0v) is 10.3. The predicted octanol–water partition coefficient (Wildman–Crippen LogP) is 3.63. The lowest BCUT2D eigenvalue weighted by Crippen LogP contribution is -1.90. The highest BCUT2D eigenvalue weighted by atomic mass is 35.5. The molecule has 0 N–H and O–H groups in total. The molecule has 2 aromatic rings. The predicted molar refractivity (Wildman–Crippen MR) is 68.0 cm³/mol. The van der Waals surface area contributed by atoms with Crippen LogP contribution in [-0.4, -0.2) is 9.91 Å². The molecule has 19 heavy (non-hydrogen) atoms. The van der Waals surface area contributed by atoms with Crippen molar-refractivity contribution < 1.29 is 13.7 Å². The van der Waals surface area contributed by atoms with E-state index in [1.807, 2.05) is 0 Å². The summed E-state index contributed by atoms with van der Waals surface area (Å²) in [5.74, 6) is -0.175. The normalized spacial score (nSPS) is 11.1. The molecule has 0 unspecified atom stereocenters. The molecule has 0 saturated carbocycles. The van der Waals surface area contributed by atoms with E-state index >= 15 is 0 Å². The average molecular weight is 283 g/mol. The summed E-state index contributed by atoms with van der Waals surface area (Å²) in [5, 5.41) is 10.5. The minimum atomic E-state index is -0.686. The number of hydrogen-bond donors (Lipinski definition) is 0. The van der Waals surface area contributed by atoms with Crippen LogP contribution in [-0.2, 0) is 5.88 Å². The van der Waals surface area contributed by atoms with E-state index in [2.05, 4.69) is 4.98 Å². The van der Waals surface area contributed by atoms with Crippen LogP contribution in [0.25, 0.3) is 12.2 Å². The van der Waals surface area contributed by atoms with Gasteiger partial charge in [-0.2, -0.15) is 0 Å². The summed E-state index contributed by atoms with van der Waals surface area (Å²) in [5.41, 5.74) is 0.483. The number of nitro groups is 1. The molecule has 0 fully saturated rings. The molecule has 1 heterocycles. The number of nitrogens with zero attached hydrogens (tertiary/aromatic N) is 2. The van der Waals surface area contributed by atoms with Crippen LogP contribution in [0.1, 0.15) is 17.1 Å². The van der Waals surface area contributed by atoms with E-state index in [4.69, 9.17) is 16.0 Å². The van der Waals surface area contributed by atoms with E-state index in [1.165, 1.54) is 30.5 Å². The number of hydrogen-bond acceptors (Lipinski definition) is 4. The Hall–Kier alpha value is -2.21.